The molecule has 2 aromatic heterocycles. The Balaban J connectivity index is 1.57. The second-order valence-electron chi connectivity index (χ2n) is 5.37. The molecule has 25 heavy (non-hydrogen) atoms. The molecule has 7 heteroatoms. The highest BCUT2D eigenvalue weighted by molar-refractivity contribution is 6.06. The Morgan fingerprint density at radius 3 is 2.76 bits per heavy atom. The third-order valence-electron chi connectivity index (χ3n) is 3.49. The normalized spacial score (nSPS) is 11.1. The van der Waals surface area contributed by atoms with Crippen LogP contribution in [0.5, 0.6) is 5.75 Å². The van der Waals surface area contributed by atoms with Gasteiger partial charge in [0.05, 0.1) is 11.8 Å². The lowest BCUT2D eigenvalue weighted by molar-refractivity contribution is 0.104. The van der Waals surface area contributed by atoms with E-state index >= 15 is 0 Å². The molecule has 0 aliphatic heterocycles. The number of ketones is 1. The summed E-state index contributed by atoms with van der Waals surface area (Å²) in [5.41, 5.74) is 1.48. The van der Waals surface area contributed by atoms with Crippen LogP contribution < -0.4 is 4.74 Å². The van der Waals surface area contributed by atoms with Crippen molar-refractivity contribution < 1.29 is 14.1 Å². The Kier molecular flexibility index (Phi) is 5.03. The van der Waals surface area contributed by atoms with Crippen molar-refractivity contribution in [3.8, 4) is 5.75 Å². The van der Waals surface area contributed by atoms with E-state index in [0.29, 0.717) is 23.0 Å². The van der Waals surface area contributed by atoms with Crippen LogP contribution in [0.1, 0.15) is 34.6 Å². The van der Waals surface area contributed by atoms with E-state index in [2.05, 4.69) is 15.2 Å². The number of rotatable bonds is 7. The molecule has 0 saturated carbocycles. The van der Waals surface area contributed by atoms with E-state index in [1.807, 2.05) is 31.2 Å². The maximum absolute atomic E-state index is 12.1. The number of ether oxygens (including phenoxy) is 1. The van der Waals surface area contributed by atoms with Gasteiger partial charge in [-0.3, -0.25) is 9.48 Å². The van der Waals surface area contributed by atoms with Gasteiger partial charge in [-0.2, -0.15) is 10.1 Å². The molecule has 0 N–H and O–H groups in total. The first-order chi connectivity index (χ1) is 12.1. The van der Waals surface area contributed by atoms with E-state index in [9.17, 15) is 4.79 Å². The van der Waals surface area contributed by atoms with Crippen molar-refractivity contribution in [3.05, 3.63) is 65.6 Å². The quantitative estimate of drug-likeness (QED) is 0.486. The summed E-state index contributed by atoms with van der Waals surface area (Å²) in [5, 5.41) is 7.87. The largest absolute Gasteiger partial charge is 0.485 e. The minimum absolute atomic E-state index is 0.0764. The summed E-state index contributed by atoms with van der Waals surface area (Å²) in [6.45, 7) is 4.68. The number of allylic oxidation sites excluding steroid dienone is 1. The topological polar surface area (TPSA) is 83.0 Å². The highest BCUT2D eigenvalue weighted by Gasteiger charge is 2.05. The van der Waals surface area contributed by atoms with E-state index in [1.165, 1.54) is 6.08 Å². The van der Waals surface area contributed by atoms with Crippen LogP contribution in [0.2, 0.25) is 0 Å². The van der Waals surface area contributed by atoms with Gasteiger partial charge in [0.25, 0.3) is 0 Å². The second-order valence-corrected chi connectivity index (χ2v) is 5.37. The number of aryl methyl sites for hydroxylation is 2. The molecular formula is C18H18N4O3. The lowest BCUT2D eigenvalue weighted by Crippen LogP contribution is -1.97. The molecule has 128 valence electrons. The van der Waals surface area contributed by atoms with Gasteiger partial charge in [0.1, 0.15) is 5.75 Å². The second kappa shape index (κ2) is 7.57. The molecule has 2 heterocycles. The monoisotopic (exact) mass is 338 g/mol. The van der Waals surface area contributed by atoms with E-state index in [-0.39, 0.29) is 12.4 Å². The summed E-state index contributed by atoms with van der Waals surface area (Å²) in [5.74, 6) is 1.62. The maximum Gasteiger partial charge on any atom is 0.223 e. The van der Waals surface area contributed by atoms with Gasteiger partial charge in [0, 0.05) is 19.7 Å². The molecule has 0 aliphatic rings. The average molecular weight is 338 g/mol. The molecule has 7 nitrogen and oxygen atoms in total. The zero-order valence-corrected chi connectivity index (χ0v) is 14.0. The van der Waals surface area contributed by atoms with E-state index < -0.39 is 0 Å². The van der Waals surface area contributed by atoms with Gasteiger partial charge in [0.2, 0.25) is 11.7 Å². The molecule has 0 bridgehead atoms. The molecular weight excluding hydrogens is 320 g/mol. The van der Waals surface area contributed by atoms with Crippen LogP contribution in [0, 0.1) is 6.92 Å². The van der Waals surface area contributed by atoms with E-state index in [0.717, 1.165) is 12.1 Å². The predicted molar refractivity (Wildman–Crippen MR) is 91.1 cm³/mol. The Bertz CT molecular complexity index is 878. The van der Waals surface area contributed by atoms with Crippen LogP contribution in [0.15, 0.2) is 47.3 Å². The zero-order chi connectivity index (χ0) is 17.6. The Morgan fingerprint density at radius 1 is 1.32 bits per heavy atom. The summed E-state index contributed by atoms with van der Waals surface area (Å²) in [6.07, 6.45) is 6.61. The lowest BCUT2D eigenvalue weighted by atomic mass is 10.1. The summed E-state index contributed by atoms with van der Waals surface area (Å²) < 4.78 is 12.2. The third-order valence-corrected chi connectivity index (χ3v) is 3.49. The number of hydrogen-bond donors (Lipinski definition) is 0. The van der Waals surface area contributed by atoms with Crippen molar-refractivity contribution in [1.82, 2.24) is 19.9 Å². The van der Waals surface area contributed by atoms with Gasteiger partial charge in [-0.25, -0.2) is 0 Å². The Labute approximate surface area is 144 Å². The highest BCUT2D eigenvalue weighted by Crippen LogP contribution is 2.15. The molecule has 0 saturated heterocycles. The number of benzene rings is 1. The Morgan fingerprint density at radius 2 is 2.12 bits per heavy atom. The van der Waals surface area contributed by atoms with Crippen molar-refractivity contribution >= 4 is 11.9 Å². The number of nitrogens with zero attached hydrogens (tertiary/aromatic N) is 4. The molecule has 0 unspecified atom stereocenters. The van der Waals surface area contributed by atoms with Gasteiger partial charge in [-0.1, -0.05) is 23.4 Å². The van der Waals surface area contributed by atoms with Crippen molar-refractivity contribution in [2.24, 2.45) is 0 Å². The number of carbonyl (C=O) groups is 1. The zero-order valence-electron chi connectivity index (χ0n) is 14.0. The molecule has 3 aromatic rings. The first-order valence-corrected chi connectivity index (χ1v) is 7.91. The van der Waals surface area contributed by atoms with Gasteiger partial charge < -0.3 is 9.26 Å². The van der Waals surface area contributed by atoms with E-state index in [4.69, 9.17) is 9.26 Å². The predicted octanol–water partition coefficient (Wildman–Crippen LogP) is 3.07. The highest BCUT2D eigenvalue weighted by atomic mass is 16.5. The van der Waals surface area contributed by atoms with Crippen LogP contribution in [0.4, 0.5) is 0 Å². The standard InChI is InChI=1S/C18H18N4O3/c1-3-22-11-15(10-19-22)17(23)9-6-14-4-7-16(8-5-14)24-12-18-20-13(2)25-21-18/h4-11H,3,12H2,1-2H3. The van der Waals surface area contributed by atoms with Gasteiger partial charge in [-0.15, -0.1) is 0 Å². The minimum Gasteiger partial charge on any atom is -0.485 e. The number of carbonyl (C=O) groups excluding carboxylic acids is 1. The van der Waals surface area contributed by atoms with Crippen LogP contribution in [0.3, 0.4) is 0 Å². The van der Waals surface area contributed by atoms with Crippen LogP contribution in [0.25, 0.3) is 6.08 Å². The summed E-state index contributed by atoms with van der Waals surface area (Å²) >= 11 is 0. The first-order valence-electron chi connectivity index (χ1n) is 7.91. The van der Waals surface area contributed by atoms with Crippen LogP contribution in [-0.2, 0) is 13.2 Å². The SMILES string of the molecule is CCn1cc(C(=O)C=Cc2ccc(OCc3noc(C)n3)cc2)cn1. The molecule has 0 spiro atoms. The molecule has 1 aromatic carbocycles. The van der Waals surface area contributed by atoms with E-state index in [1.54, 1.807) is 30.1 Å². The van der Waals surface area contributed by atoms with Crippen molar-refractivity contribution in [2.45, 2.75) is 27.0 Å². The fourth-order valence-electron chi connectivity index (χ4n) is 2.15. The molecule has 0 atom stereocenters. The van der Waals surface area contributed by atoms with Crippen molar-refractivity contribution in [3.63, 3.8) is 0 Å². The molecule has 0 radical (unpaired) electrons. The fraction of sp³-hybridized carbons (Fsp3) is 0.222. The summed E-state index contributed by atoms with van der Waals surface area (Å²) in [4.78, 5) is 16.2. The molecule has 3 rings (SSSR count). The van der Waals surface area contributed by atoms with Gasteiger partial charge >= 0.3 is 0 Å². The average Bonchev–Trinajstić information content (AvgIpc) is 3.27. The number of aromatic nitrogens is 4. The van der Waals surface area contributed by atoms with Crippen molar-refractivity contribution in [2.75, 3.05) is 0 Å². The summed E-state index contributed by atoms with van der Waals surface area (Å²) in [6, 6.07) is 7.39. The third kappa shape index (κ3) is 4.41. The smallest absolute Gasteiger partial charge is 0.223 e. The number of hydrogen-bond acceptors (Lipinski definition) is 6. The fourth-order valence-corrected chi connectivity index (χ4v) is 2.15. The first kappa shape index (κ1) is 16.6. The van der Waals surface area contributed by atoms with Crippen molar-refractivity contribution in [1.29, 1.82) is 0 Å². The van der Waals surface area contributed by atoms with Gasteiger partial charge in [-0.05, 0) is 30.7 Å². The lowest BCUT2D eigenvalue weighted by Gasteiger charge is -2.03. The summed E-state index contributed by atoms with van der Waals surface area (Å²) in [7, 11) is 0. The molecule has 0 fully saturated rings. The maximum atomic E-state index is 12.1. The van der Waals surface area contributed by atoms with Crippen LogP contribution >= 0.6 is 0 Å². The molecule has 0 amide bonds. The molecule has 0 aliphatic carbocycles. The Hall–Kier alpha value is -3.22. The van der Waals surface area contributed by atoms with Crippen LogP contribution in [-0.4, -0.2) is 25.7 Å². The minimum atomic E-state index is -0.0764. The van der Waals surface area contributed by atoms with Gasteiger partial charge in [0.15, 0.2) is 12.4 Å².